The monoisotopic (exact) mass is 369 g/mol. The molecule has 4 heteroatoms. The van der Waals surface area contributed by atoms with Crippen molar-refractivity contribution in [2.75, 3.05) is 0 Å². The van der Waals surface area contributed by atoms with Gasteiger partial charge in [0.25, 0.3) is 0 Å². The molecule has 0 unspecified atom stereocenters. The Morgan fingerprint density at radius 2 is 2.00 bits per heavy atom. The first-order valence-electron chi connectivity index (χ1n) is 10.7. The van der Waals surface area contributed by atoms with Crippen LogP contribution < -0.4 is 11.2 Å². The van der Waals surface area contributed by atoms with Crippen LogP contribution in [0.25, 0.3) is 0 Å². The lowest BCUT2D eigenvalue weighted by molar-refractivity contribution is -0.00481. The van der Waals surface area contributed by atoms with E-state index in [2.05, 4.69) is 37.4 Å². The second-order valence-electron chi connectivity index (χ2n) is 10.2. The number of hydrogen-bond acceptors (Lipinski definition) is 2. The van der Waals surface area contributed by atoms with E-state index in [1.165, 1.54) is 44.1 Å². The van der Waals surface area contributed by atoms with Gasteiger partial charge in [-0.15, -0.1) is 0 Å². The summed E-state index contributed by atoms with van der Waals surface area (Å²) in [5.41, 5.74) is 14.3. The third-order valence-electron chi connectivity index (χ3n) is 8.52. The van der Waals surface area contributed by atoms with Gasteiger partial charge in [0.2, 0.25) is 0 Å². The van der Waals surface area contributed by atoms with E-state index < -0.39 is 6.03 Å². The molecule has 2 amide bonds. The number of nitrogens with two attached hydrogens (primary N) is 1. The first kappa shape index (κ1) is 18.8. The van der Waals surface area contributed by atoms with Crippen LogP contribution in [0.1, 0.15) is 79.1 Å². The number of hydrogen-bond donors (Lipinski definition) is 2. The molecule has 4 nitrogen and oxygen atoms in total. The molecule has 0 aromatic heterocycles. The van der Waals surface area contributed by atoms with Crippen molar-refractivity contribution in [3.05, 3.63) is 22.8 Å². The van der Waals surface area contributed by atoms with Crippen LogP contribution in [0.3, 0.4) is 0 Å². The van der Waals surface area contributed by atoms with Gasteiger partial charge in [0.05, 0.1) is 5.71 Å². The predicted molar refractivity (Wildman–Crippen MR) is 110 cm³/mol. The molecule has 0 aliphatic heterocycles. The Hall–Kier alpha value is -1.58. The number of allylic oxidation sites excluding steroid dienone is 4. The fourth-order valence-electron chi connectivity index (χ4n) is 6.86. The first-order chi connectivity index (χ1) is 12.7. The molecule has 0 heterocycles. The summed E-state index contributed by atoms with van der Waals surface area (Å²) in [7, 11) is 0. The summed E-state index contributed by atoms with van der Waals surface area (Å²) < 4.78 is 0. The Labute approximate surface area is 163 Å². The van der Waals surface area contributed by atoms with E-state index in [9.17, 15) is 4.79 Å². The second-order valence-corrected chi connectivity index (χ2v) is 10.2. The number of rotatable bonds is 2. The van der Waals surface area contributed by atoms with Crippen molar-refractivity contribution in [3.63, 3.8) is 0 Å². The van der Waals surface area contributed by atoms with Crippen molar-refractivity contribution in [2.24, 2.45) is 39.4 Å². The fourth-order valence-corrected chi connectivity index (χ4v) is 6.86. The molecule has 1 fully saturated rings. The van der Waals surface area contributed by atoms with Crippen molar-refractivity contribution >= 4 is 11.7 Å². The fraction of sp³-hybridized carbons (Fsp3) is 0.739. The van der Waals surface area contributed by atoms with E-state index in [4.69, 9.17) is 5.73 Å². The van der Waals surface area contributed by atoms with Gasteiger partial charge in [-0.05, 0) is 92.4 Å². The van der Waals surface area contributed by atoms with Crippen LogP contribution in [0.4, 0.5) is 4.79 Å². The van der Waals surface area contributed by atoms with Gasteiger partial charge in [-0.2, -0.15) is 5.10 Å². The highest BCUT2D eigenvalue weighted by atomic mass is 16.2. The van der Waals surface area contributed by atoms with Crippen LogP contribution in [0.5, 0.6) is 0 Å². The predicted octanol–water partition coefficient (Wildman–Crippen LogP) is 5.31. The van der Waals surface area contributed by atoms with Crippen LogP contribution in [-0.4, -0.2) is 11.7 Å². The van der Waals surface area contributed by atoms with Crippen molar-refractivity contribution in [1.82, 2.24) is 5.43 Å². The number of carbonyl (C=O) groups is 1. The van der Waals surface area contributed by atoms with Gasteiger partial charge in [-0.25, -0.2) is 10.2 Å². The summed E-state index contributed by atoms with van der Waals surface area (Å²) in [5, 5.41) is 4.17. The SMILES string of the molecule is CC(=NNC(N)=O)C1=CC[C@@]2(C)[C@@H](CC[C@H]3C4=C(CC[C@@H]32)C(C)(C)CC4)C1. The molecular formula is C23H35N3O. The third-order valence-corrected chi connectivity index (χ3v) is 8.52. The molecule has 27 heavy (non-hydrogen) atoms. The summed E-state index contributed by atoms with van der Waals surface area (Å²) >= 11 is 0. The van der Waals surface area contributed by atoms with Crippen molar-refractivity contribution in [2.45, 2.75) is 79.1 Å². The van der Waals surface area contributed by atoms with Crippen molar-refractivity contribution in [1.29, 1.82) is 0 Å². The van der Waals surface area contributed by atoms with Gasteiger partial charge in [0.15, 0.2) is 0 Å². The maximum atomic E-state index is 10.9. The van der Waals surface area contributed by atoms with Crippen LogP contribution >= 0.6 is 0 Å². The molecule has 148 valence electrons. The van der Waals surface area contributed by atoms with Gasteiger partial charge >= 0.3 is 6.03 Å². The van der Waals surface area contributed by atoms with E-state index in [-0.39, 0.29) is 0 Å². The van der Waals surface area contributed by atoms with Gasteiger partial charge < -0.3 is 5.73 Å². The minimum Gasteiger partial charge on any atom is -0.350 e. The minimum absolute atomic E-state index is 0.412. The van der Waals surface area contributed by atoms with Crippen LogP contribution in [0.15, 0.2) is 27.9 Å². The molecule has 0 aromatic rings. The standard InChI is InChI=1S/C23H35N3O/c1-14(25-26-21(24)27)15-9-12-23(4)16(13-15)5-6-17-18-10-11-22(2,3)19(18)7-8-20(17)23/h9,16-17,20H,5-8,10-13H2,1-4H3,(H3,24,26,27)/t16-,17-,20-,23-/m0/s1. The van der Waals surface area contributed by atoms with Crippen LogP contribution in [-0.2, 0) is 0 Å². The summed E-state index contributed by atoms with van der Waals surface area (Å²) in [6.07, 6.45) is 12.7. The Morgan fingerprint density at radius 3 is 2.74 bits per heavy atom. The highest BCUT2D eigenvalue weighted by Gasteiger charge is 2.53. The summed E-state index contributed by atoms with van der Waals surface area (Å²) in [6.45, 7) is 9.46. The number of nitrogens with one attached hydrogen (secondary N) is 1. The molecule has 0 aromatic carbocycles. The van der Waals surface area contributed by atoms with E-state index in [1.54, 1.807) is 0 Å². The molecule has 4 atom stereocenters. The molecule has 0 radical (unpaired) electrons. The normalized spacial score (nSPS) is 37.9. The lowest BCUT2D eigenvalue weighted by Gasteiger charge is -2.55. The smallest absolute Gasteiger partial charge is 0.332 e. The number of primary amides is 1. The number of hydrazone groups is 1. The van der Waals surface area contributed by atoms with E-state index >= 15 is 0 Å². The zero-order valence-corrected chi connectivity index (χ0v) is 17.4. The molecule has 4 aliphatic carbocycles. The lowest BCUT2D eigenvalue weighted by atomic mass is 9.49. The molecule has 0 bridgehead atoms. The van der Waals surface area contributed by atoms with Gasteiger partial charge in [0, 0.05) is 0 Å². The van der Waals surface area contributed by atoms with Crippen LogP contribution in [0, 0.1) is 28.6 Å². The summed E-state index contributed by atoms with van der Waals surface area (Å²) in [5.74, 6) is 2.40. The lowest BCUT2D eigenvalue weighted by Crippen LogP contribution is -2.47. The number of nitrogens with zero attached hydrogens (tertiary/aromatic N) is 1. The topological polar surface area (TPSA) is 67.5 Å². The van der Waals surface area contributed by atoms with Crippen molar-refractivity contribution < 1.29 is 4.79 Å². The van der Waals surface area contributed by atoms with Crippen LogP contribution in [0.2, 0.25) is 0 Å². The molecule has 4 aliphatic rings. The number of urea groups is 1. The average Bonchev–Trinajstić information content (AvgIpc) is 2.94. The Morgan fingerprint density at radius 1 is 1.22 bits per heavy atom. The van der Waals surface area contributed by atoms with Crippen molar-refractivity contribution in [3.8, 4) is 0 Å². The molecule has 3 N–H and O–H groups in total. The maximum Gasteiger partial charge on any atom is 0.332 e. The van der Waals surface area contributed by atoms with Gasteiger partial charge in [-0.1, -0.05) is 38.0 Å². The molecule has 0 saturated heterocycles. The molecule has 1 saturated carbocycles. The molecule has 0 spiro atoms. The molecular weight excluding hydrogens is 334 g/mol. The summed E-state index contributed by atoms with van der Waals surface area (Å²) in [6, 6.07) is -0.595. The largest absolute Gasteiger partial charge is 0.350 e. The van der Waals surface area contributed by atoms with E-state index in [0.29, 0.717) is 10.8 Å². The van der Waals surface area contributed by atoms with E-state index in [1.807, 2.05) is 18.1 Å². The Kier molecular flexibility index (Phi) is 4.51. The maximum absolute atomic E-state index is 10.9. The Bertz CT molecular complexity index is 745. The Balaban J connectivity index is 1.57. The van der Waals surface area contributed by atoms with E-state index in [0.717, 1.165) is 36.3 Å². The number of carbonyl (C=O) groups excluding carboxylic acids is 1. The highest BCUT2D eigenvalue weighted by molar-refractivity contribution is 5.98. The second kappa shape index (κ2) is 6.49. The molecule has 4 rings (SSSR count). The average molecular weight is 370 g/mol. The third kappa shape index (κ3) is 3.05. The highest BCUT2D eigenvalue weighted by Crippen LogP contribution is 2.63. The van der Waals surface area contributed by atoms with Gasteiger partial charge in [-0.3, -0.25) is 0 Å². The first-order valence-corrected chi connectivity index (χ1v) is 10.7. The summed E-state index contributed by atoms with van der Waals surface area (Å²) in [4.78, 5) is 10.9. The quantitative estimate of drug-likeness (QED) is 0.386. The minimum atomic E-state index is -0.595. The van der Waals surface area contributed by atoms with Gasteiger partial charge in [0.1, 0.15) is 0 Å². The number of amides is 2. The zero-order valence-electron chi connectivity index (χ0n) is 17.4. The zero-order chi connectivity index (χ0) is 19.4. The number of fused-ring (bicyclic) bond motifs is 4.